The predicted octanol–water partition coefficient (Wildman–Crippen LogP) is 4.98. The van der Waals surface area contributed by atoms with Gasteiger partial charge in [0.1, 0.15) is 6.61 Å². The predicted molar refractivity (Wildman–Crippen MR) is 118 cm³/mol. The number of aryl methyl sites for hydroxylation is 1. The first-order valence-electron chi connectivity index (χ1n) is 9.78. The van der Waals surface area contributed by atoms with E-state index in [9.17, 15) is 4.79 Å². The molecule has 0 fully saturated rings. The van der Waals surface area contributed by atoms with Gasteiger partial charge in [-0.05, 0) is 42.3 Å². The van der Waals surface area contributed by atoms with Crippen LogP contribution in [0.15, 0.2) is 72.8 Å². The minimum atomic E-state index is -0.725. The fourth-order valence-electron chi connectivity index (χ4n) is 3.46. The molecule has 0 unspecified atom stereocenters. The van der Waals surface area contributed by atoms with Crippen molar-refractivity contribution in [3.63, 3.8) is 0 Å². The van der Waals surface area contributed by atoms with Gasteiger partial charge in [-0.1, -0.05) is 59.9 Å². The van der Waals surface area contributed by atoms with Crippen molar-refractivity contribution in [2.24, 2.45) is 0 Å². The Balaban J connectivity index is 1.49. The molecule has 0 spiro atoms. The Kier molecular flexibility index (Phi) is 4.85. The van der Waals surface area contributed by atoms with Crippen molar-refractivity contribution in [3.05, 3.63) is 83.9 Å². The van der Waals surface area contributed by atoms with Gasteiger partial charge in [-0.2, -0.15) is 0 Å². The molecule has 0 bridgehead atoms. The van der Waals surface area contributed by atoms with Crippen LogP contribution >= 0.6 is 11.3 Å². The average molecular weight is 417 g/mol. The van der Waals surface area contributed by atoms with E-state index in [0.29, 0.717) is 23.2 Å². The van der Waals surface area contributed by atoms with Crippen LogP contribution in [0.2, 0.25) is 0 Å². The largest absolute Gasteiger partial charge is 0.485 e. The minimum Gasteiger partial charge on any atom is -0.485 e. The molecule has 2 heterocycles. The van der Waals surface area contributed by atoms with E-state index in [0.717, 1.165) is 15.8 Å². The standard InChI is InChI=1S/C24H20N2O3S/c1-16-11-12-18-22(13-16)30-24(25-18)26(14-17-7-3-2-4-8-17)23(27)21-15-28-19-9-5-6-10-20(19)29-21/h2-13,21H,14-15H2,1H3/t21-/m0/s1. The Hall–Kier alpha value is -3.38. The average Bonchev–Trinajstić information content (AvgIpc) is 3.20. The molecule has 0 radical (unpaired) electrons. The molecule has 150 valence electrons. The van der Waals surface area contributed by atoms with Gasteiger partial charge in [0, 0.05) is 0 Å². The molecule has 30 heavy (non-hydrogen) atoms. The first-order valence-corrected chi connectivity index (χ1v) is 10.6. The third-order valence-electron chi connectivity index (χ3n) is 5.00. The lowest BCUT2D eigenvalue weighted by Crippen LogP contribution is -2.46. The van der Waals surface area contributed by atoms with Crippen LogP contribution in [0.1, 0.15) is 11.1 Å². The number of thiazole rings is 1. The Morgan fingerprint density at radius 1 is 1.07 bits per heavy atom. The van der Waals surface area contributed by atoms with E-state index < -0.39 is 6.10 Å². The maximum Gasteiger partial charge on any atom is 0.273 e. The first-order chi connectivity index (χ1) is 14.7. The van der Waals surface area contributed by atoms with Gasteiger partial charge in [-0.25, -0.2) is 4.98 Å². The summed E-state index contributed by atoms with van der Waals surface area (Å²) in [6.45, 7) is 2.64. The molecule has 1 aromatic heterocycles. The van der Waals surface area contributed by atoms with Gasteiger partial charge in [0.15, 0.2) is 16.6 Å². The maximum absolute atomic E-state index is 13.5. The second-order valence-corrected chi connectivity index (χ2v) is 8.25. The molecule has 4 aromatic rings. The number of carbonyl (C=O) groups is 1. The molecular formula is C24H20N2O3S. The number of fused-ring (bicyclic) bond motifs is 2. The number of ether oxygens (including phenoxy) is 2. The van der Waals surface area contributed by atoms with Crippen LogP contribution in [0.3, 0.4) is 0 Å². The molecular weight excluding hydrogens is 396 g/mol. The fraction of sp³-hybridized carbons (Fsp3) is 0.167. The van der Waals surface area contributed by atoms with Crippen LogP contribution < -0.4 is 14.4 Å². The van der Waals surface area contributed by atoms with Gasteiger partial charge in [-0.3, -0.25) is 9.69 Å². The summed E-state index contributed by atoms with van der Waals surface area (Å²) in [5.41, 5.74) is 3.08. The van der Waals surface area contributed by atoms with Gasteiger partial charge in [0.25, 0.3) is 5.91 Å². The van der Waals surface area contributed by atoms with E-state index >= 15 is 0 Å². The SMILES string of the molecule is Cc1ccc2nc(N(Cc3ccccc3)C(=O)[C@@H]3COc4ccccc4O3)sc2c1. The number of rotatable bonds is 4. The molecule has 1 aliphatic rings. The Morgan fingerprint density at radius 3 is 2.67 bits per heavy atom. The van der Waals surface area contributed by atoms with E-state index in [-0.39, 0.29) is 12.5 Å². The minimum absolute atomic E-state index is 0.163. The van der Waals surface area contributed by atoms with Crippen molar-refractivity contribution in [3.8, 4) is 11.5 Å². The molecule has 5 nitrogen and oxygen atoms in total. The Labute approximate surface area is 178 Å². The first kappa shape index (κ1) is 18.6. The molecule has 3 aromatic carbocycles. The monoisotopic (exact) mass is 416 g/mol. The number of nitrogens with zero attached hydrogens (tertiary/aromatic N) is 2. The quantitative estimate of drug-likeness (QED) is 0.471. The molecule has 1 atom stereocenters. The Bertz CT molecular complexity index is 1210. The molecule has 0 aliphatic carbocycles. The third kappa shape index (κ3) is 3.62. The van der Waals surface area contributed by atoms with Crippen LogP contribution in [-0.2, 0) is 11.3 Å². The van der Waals surface area contributed by atoms with Gasteiger partial charge < -0.3 is 9.47 Å². The summed E-state index contributed by atoms with van der Waals surface area (Å²) >= 11 is 1.51. The van der Waals surface area contributed by atoms with E-state index in [2.05, 4.69) is 13.0 Å². The van der Waals surface area contributed by atoms with E-state index in [1.807, 2.05) is 66.7 Å². The highest BCUT2D eigenvalue weighted by atomic mass is 32.1. The molecule has 1 aliphatic heterocycles. The van der Waals surface area contributed by atoms with E-state index in [1.165, 1.54) is 16.9 Å². The van der Waals surface area contributed by atoms with Gasteiger partial charge >= 0.3 is 0 Å². The summed E-state index contributed by atoms with van der Waals surface area (Å²) in [7, 11) is 0. The van der Waals surface area contributed by atoms with E-state index in [1.54, 1.807) is 4.90 Å². The number of para-hydroxylation sites is 2. The highest BCUT2D eigenvalue weighted by Gasteiger charge is 2.33. The fourth-order valence-corrected chi connectivity index (χ4v) is 4.52. The summed E-state index contributed by atoms with van der Waals surface area (Å²) in [5, 5.41) is 0.659. The summed E-state index contributed by atoms with van der Waals surface area (Å²) in [5.74, 6) is 1.08. The molecule has 0 saturated carbocycles. The summed E-state index contributed by atoms with van der Waals surface area (Å²) in [6.07, 6.45) is -0.725. The highest BCUT2D eigenvalue weighted by molar-refractivity contribution is 7.22. The van der Waals surface area contributed by atoms with Crippen molar-refractivity contribution in [2.45, 2.75) is 19.6 Å². The number of aromatic nitrogens is 1. The summed E-state index contributed by atoms with van der Waals surface area (Å²) in [4.78, 5) is 20.0. The van der Waals surface area contributed by atoms with Crippen molar-refractivity contribution >= 4 is 32.6 Å². The van der Waals surface area contributed by atoms with Crippen LogP contribution in [0, 0.1) is 6.92 Å². The number of hydrogen-bond donors (Lipinski definition) is 0. The molecule has 5 rings (SSSR count). The van der Waals surface area contributed by atoms with Gasteiger partial charge in [0.2, 0.25) is 6.10 Å². The van der Waals surface area contributed by atoms with Gasteiger partial charge in [-0.15, -0.1) is 0 Å². The number of anilines is 1. The maximum atomic E-state index is 13.5. The number of hydrogen-bond acceptors (Lipinski definition) is 5. The Morgan fingerprint density at radius 2 is 1.83 bits per heavy atom. The van der Waals surface area contributed by atoms with E-state index in [4.69, 9.17) is 14.5 Å². The second-order valence-electron chi connectivity index (χ2n) is 7.24. The van der Waals surface area contributed by atoms with Crippen molar-refractivity contribution < 1.29 is 14.3 Å². The highest BCUT2D eigenvalue weighted by Crippen LogP contribution is 2.34. The number of amides is 1. The number of carbonyl (C=O) groups excluding carboxylic acids is 1. The smallest absolute Gasteiger partial charge is 0.273 e. The third-order valence-corrected chi connectivity index (χ3v) is 6.04. The van der Waals surface area contributed by atoms with Crippen molar-refractivity contribution in [1.82, 2.24) is 4.98 Å². The molecule has 6 heteroatoms. The summed E-state index contributed by atoms with van der Waals surface area (Å²) < 4.78 is 12.8. The van der Waals surface area contributed by atoms with Crippen LogP contribution in [0.5, 0.6) is 11.5 Å². The topological polar surface area (TPSA) is 51.7 Å². The second kappa shape index (κ2) is 7.80. The van der Waals surface area contributed by atoms with Crippen molar-refractivity contribution in [2.75, 3.05) is 11.5 Å². The lowest BCUT2D eigenvalue weighted by atomic mass is 10.2. The molecule has 1 amide bonds. The number of benzene rings is 3. The zero-order valence-electron chi connectivity index (χ0n) is 16.4. The summed E-state index contributed by atoms with van der Waals surface area (Å²) in [6, 6.07) is 23.4. The molecule has 0 N–H and O–H groups in total. The van der Waals surface area contributed by atoms with Crippen LogP contribution in [0.4, 0.5) is 5.13 Å². The van der Waals surface area contributed by atoms with Gasteiger partial charge in [0.05, 0.1) is 16.8 Å². The molecule has 0 saturated heterocycles. The van der Waals surface area contributed by atoms with Crippen LogP contribution in [0.25, 0.3) is 10.2 Å². The lowest BCUT2D eigenvalue weighted by molar-refractivity contribution is -0.127. The normalized spacial score (nSPS) is 15.2. The van der Waals surface area contributed by atoms with Crippen molar-refractivity contribution in [1.29, 1.82) is 0 Å². The zero-order valence-corrected chi connectivity index (χ0v) is 17.3. The lowest BCUT2D eigenvalue weighted by Gasteiger charge is -2.29. The zero-order chi connectivity index (χ0) is 20.5. The van der Waals surface area contributed by atoms with Crippen LogP contribution in [-0.4, -0.2) is 23.6 Å².